The van der Waals surface area contributed by atoms with E-state index in [1.165, 1.54) is 0 Å². The molecule has 0 aliphatic heterocycles. The van der Waals surface area contributed by atoms with Crippen molar-refractivity contribution in [1.29, 1.82) is 0 Å². The molecule has 3 heteroatoms. The van der Waals surface area contributed by atoms with Gasteiger partial charge in [0.05, 0.1) is 6.42 Å². The lowest BCUT2D eigenvalue weighted by Gasteiger charge is -1.96. The summed E-state index contributed by atoms with van der Waals surface area (Å²) >= 11 is 0. The van der Waals surface area contributed by atoms with E-state index in [0.717, 1.165) is 0 Å². The molecule has 0 bridgehead atoms. The van der Waals surface area contributed by atoms with Crippen molar-refractivity contribution in [2.45, 2.75) is 6.42 Å². The number of nitrogen functional groups attached to an aromatic ring is 1. The van der Waals surface area contributed by atoms with E-state index in [2.05, 4.69) is 0 Å². The largest absolute Gasteiger partial charge is 0.399 e. The van der Waals surface area contributed by atoms with Crippen LogP contribution in [0.15, 0.2) is 18.2 Å². The minimum absolute atomic E-state index is 0.00120. The molecule has 0 amide bonds. The zero-order valence-electron chi connectivity index (χ0n) is 6.33. The molecule has 0 fully saturated rings. The van der Waals surface area contributed by atoms with Gasteiger partial charge in [0.15, 0.2) is 11.6 Å². The Balaban J connectivity index is 2.68. The lowest BCUT2D eigenvalue weighted by Crippen LogP contribution is -1.93. The highest BCUT2D eigenvalue weighted by molar-refractivity contribution is 6.24. The second kappa shape index (κ2) is 2.17. The van der Waals surface area contributed by atoms with Crippen LogP contribution in [0.4, 0.5) is 5.69 Å². The molecule has 3 nitrogen and oxygen atoms in total. The SMILES string of the molecule is Nc1ccc2c(c1)C(=O)CC2=O. The Bertz CT molecular complexity index is 382. The van der Waals surface area contributed by atoms with Gasteiger partial charge < -0.3 is 5.73 Å². The standard InChI is InChI=1S/C9H7NO2/c10-5-1-2-6-7(3-5)9(12)4-8(6)11/h1-3H,4,10H2. The number of rotatable bonds is 0. The summed E-state index contributed by atoms with van der Waals surface area (Å²) in [4.78, 5) is 22.3. The van der Waals surface area contributed by atoms with Crippen LogP contribution in [-0.2, 0) is 0 Å². The zero-order chi connectivity index (χ0) is 8.72. The molecule has 1 aromatic rings. The first-order valence-corrected chi connectivity index (χ1v) is 3.64. The summed E-state index contributed by atoms with van der Waals surface area (Å²) in [5, 5.41) is 0. The average Bonchev–Trinajstić information content (AvgIpc) is 2.28. The third-order valence-corrected chi connectivity index (χ3v) is 1.97. The van der Waals surface area contributed by atoms with Crippen molar-refractivity contribution in [3.63, 3.8) is 0 Å². The van der Waals surface area contributed by atoms with Crippen molar-refractivity contribution in [3.8, 4) is 0 Å². The highest BCUT2D eigenvalue weighted by atomic mass is 16.2. The summed E-state index contributed by atoms with van der Waals surface area (Å²) in [7, 11) is 0. The molecule has 0 aromatic heterocycles. The van der Waals surface area contributed by atoms with E-state index >= 15 is 0 Å². The van der Waals surface area contributed by atoms with Gasteiger partial charge in [-0.25, -0.2) is 0 Å². The van der Waals surface area contributed by atoms with Crippen molar-refractivity contribution in [2.24, 2.45) is 0 Å². The molecule has 2 N–H and O–H groups in total. The number of Topliss-reactive ketones (excluding diaryl/α,β-unsaturated/α-hetero) is 2. The van der Waals surface area contributed by atoms with Gasteiger partial charge in [-0.05, 0) is 18.2 Å². The number of hydrogen-bond donors (Lipinski definition) is 1. The Morgan fingerprint density at radius 2 is 1.75 bits per heavy atom. The number of fused-ring (bicyclic) bond motifs is 1. The zero-order valence-corrected chi connectivity index (χ0v) is 6.33. The first-order valence-electron chi connectivity index (χ1n) is 3.64. The lowest BCUT2D eigenvalue weighted by molar-refractivity contribution is 0.0923. The van der Waals surface area contributed by atoms with Gasteiger partial charge in [-0.1, -0.05) is 0 Å². The predicted octanol–water partition coefficient (Wildman–Crippen LogP) is 1.04. The van der Waals surface area contributed by atoms with Crippen LogP contribution in [0.1, 0.15) is 27.1 Å². The quantitative estimate of drug-likeness (QED) is 0.456. The minimum atomic E-state index is -0.123. The van der Waals surface area contributed by atoms with Gasteiger partial charge >= 0.3 is 0 Å². The maximum atomic E-state index is 11.2. The molecular weight excluding hydrogens is 154 g/mol. The van der Waals surface area contributed by atoms with Crippen LogP contribution >= 0.6 is 0 Å². The van der Waals surface area contributed by atoms with Crippen LogP contribution in [0, 0.1) is 0 Å². The van der Waals surface area contributed by atoms with Gasteiger partial charge in [0.1, 0.15) is 0 Å². The number of ketones is 2. The van der Waals surface area contributed by atoms with E-state index in [4.69, 9.17) is 5.73 Å². The summed E-state index contributed by atoms with van der Waals surface area (Å²) in [6.45, 7) is 0. The van der Waals surface area contributed by atoms with E-state index in [1.807, 2.05) is 0 Å². The minimum Gasteiger partial charge on any atom is -0.399 e. The summed E-state index contributed by atoms with van der Waals surface area (Å²) in [5.74, 6) is -0.225. The Morgan fingerprint density at radius 1 is 1.08 bits per heavy atom. The average molecular weight is 161 g/mol. The number of benzene rings is 1. The monoisotopic (exact) mass is 161 g/mol. The third-order valence-electron chi connectivity index (χ3n) is 1.97. The normalized spacial score (nSPS) is 15.0. The Kier molecular flexibility index (Phi) is 1.27. The van der Waals surface area contributed by atoms with E-state index in [1.54, 1.807) is 18.2 Å². The van der Waals surface area contributed by atoms with Crippen LogP contribution in [-0.4, -0.2) is 11.6 Å². The molecule has 0 atom stereocenters. The van der Waals surface area contributed by atoms with Crippen molar-refractivity contribution in [3.05, 3.63) is 29.3 Å². The maximum Gasteiger partial charge on any atom is 0.171 e. The lowest BCUT2D eigenvalue weighted by atomic mass is 10.1. The first-order chi connectivity index (χ1) is 5.68. The van der Waals surface area contributed by atoms with Crippen LogP contribution < -0.4 is 5.73 Å². The molecule has 0 saturated heterocycles. The van der Waals surface area contributed by atoms with Gasteiger partial charge in [0.2, 0.25) is 0 Å². The van der Waals surface area contributed by atoms with Crippen molar-refractivity contribution in [2.75, 3.05) is 5.73 Å². The van der Waals surface area contributed by atoms with E-state index in [9.17, 15) is 9.59 Å². The van der Waals surface area contributed by atoms with Crippen molar-refractivity contribution in [1.82, 2.24) is 0 Å². The molecule has 0 radical (unpaired) electrons. The number of nitrogens with two attached hydrogens (primary N) is 1. The Morgan fingerprint density at radius 3 is 2.50 bits per heavy atom. The molecule has 0 spiro atoms. The highest BCUT2D eigenvalue weighted by Crippen LogP contribution is 2.23. The van der Waals surface area contributed by atoms with Gasteiger partial charge in [0.25, 0.3) is 0 Å². The molecule has 2 rings (SSSR count). The van der Waals surface area contributed by atoms with Crippen LogP contribution in [0.3, 0.4) is 0 Å². The summed E-state index contributed by atoms with van der Waals surface area (Å²) < 4.78 is 0. The van der Waals surface area contributed by atoms with Gasteiger partial charge in [-0.2, -0.15) is 0 Å². The smallest absolute Gasteiger partial charge is 0.171 e. The van der Waals surface area contributed by atoms with Gasteiger partial charge in [0, 0.05) is 16.8 Å². The number of anilines is 1. The van der Waals surface area contributed by atoms with Crippen molar-refractivity contribution >= 4 is 17.3 Å². The van der Waals surface area contributed by atoms with Crippen LogP contribution in [0.2, 0.25) is 0 Å². The molecular formula is C9H7NO2. The van der Waals surface area contributed by atoms with Crippen LogP contribution in [0.25, 0.3) is 0 Å². The predicted molar refractivity (Wildman–Crippen MR) is 44.1 cm³/mol. The molecule has 12 heavy (non-hydrogen) atoms. The fraction of sp³-hybridized carbons (Fsp3) is 0.111. The van der Waals surface area contributed by atoms with E-state index < -0.39 is 0 Å². The van der Waals surface area contributed by atoms with E-state index in [0.29, 0.717) is 16.8 Å². The number of hydrogen-bond acceptors (Lipinski definition) is 3. The fourth-order valence-electron chi connectivity index (χ4n) is 1.37. The number of carbonyl (C=O) groups is 2. The molecule has 0 heterocycles. The second-order valence-electron chi connectivity index (χ2n) is 2.83. The molecule has 0 saturated carbocycles. The Labute approximate surface area is 69.2 Å². The summed E-state index contributed by atoms with van der Waals surface area (Å²) in [6.07, 6.45) is -0.00120. The number of carbonyl (C=O) groups excluding carboxylic acids is 2. The molecule has 0 unspecified atom stereocenters. The molecule has 1 aliphatic carbocycles. The molecule has 1 aliphatic rings. The van der Waals surface area contributed by atoms with Gasteiger partial charge in [-0.15, -0.1) is 0 Å². The first kappa shape index (κ1) is 7.03. The molecule has 1 aromatic carbocycles. The summed E-state index contributed by atoms with van der Waals surface area (Å²) in [5.41, 5.74) is 6.98. The van der Waals surface area contributed by atoms with E-state index in [-0.39, 0.29) is 18.0 Å². The highest BCUT2D eigenvalue weighted by Gasteiger charge is 2.26. The Hall–Kier alpha value is -1.64. The van der Waals surface area contributed by atoms with Gasteiger partial charge in [-0.3, -0.25) is 9.59 Å². The maximum absolute atomic E-state index is 11.2. The topological polar surface area (TPSA) is 60.2 Å². The fourth-order valence-corrected chi connectivity index (χ4v) is 1.37. The summed E-state index contributed by atoms with van der Waals surface area (Å²) in [6, 6.07) is 4.80. The second-order valence-corrected chi connectivity index (χ2v) is 2.83. The molecule has 60 valence electrons. The third kappa shape index (κ3) is 0.830. The van der Waals surface area contributed by atoms with Crippen molar-refractivity contribution < 1.29 is 9.59 Å². The van der Waals surface area contributed by atoms with Crippen LogP contribution in [0.5, 0.6) is 0 Å².